The number of hydrogen-bond donors (Lipinski definition) is 0. The standard InChI is InChI=1S/C15H16F3NO/c1-3-4-5-13-8-11-6-7-12(15(16,17)18)9-14(11)19(13)10(2)20/h6-9H,3-5H2,1-2H3. The highest BCUT2D eigenvalue weighted by molar-refractivity contribution is 5.93. The van der Waals surface area contributed by atoms with Crippen molar-refractivity contribution in [1.29, 1.82) is 0 Å². The zero-order chi connectivity index (χ0) is 14.9. The number of halogens is 3. The quantitative estimate of drug-likeness (QED) is 0.802. The second kappa shape index (κ2) is 5.31. The first-order chi connectivity index (χ1) is 9.34. The first-order valence-corrected chi connectivity index (χ1v) is 6.57. The van der Waals surface area contributed by atoms with Crippen LogP contribution in [0, 0.1) is 0 Å². The molecular weight excluding hydrogens is 267 g/mol. The third-order valence-corrected chi connectivity index (χ3v) is 3.31. The van der Waals surface area contributed by atoms with Crippen LogP contribution in [0.2, 0.25) is 0 Å². The molecule has 2 aromatic rings. The zero-order valence-corrected chi connectivity index (χ0v) is 11.4. The van der Waals surface area contributed by atoms with E-state index in [0.717, 1.165) is 30.7 Å². The smallest absolute Gasteiger partial charge is 0.284 e. The number of fused-ring (bicyclic) bond motifs is 1. The molecule has 1 aromatic heterocycles. The predicted molar refractivity (Wildman–Crippen MR) is 71.9 cm³/mol. The molecule has 0 radical (unpaired) electrons. The molecule has 0 atom stereocenters. The molecule has 0 bridgehead atoms. The van der Waals surface area contributed by atoms with E-state index >= 15 is 0 Å². The monoisotopic (exact) mass is 283 g/mol. The molecule has 0 spiro atoms. The van der Waals surface area contributed by atoms with Gasteiger partial charge in [0.05, 0.1) is 11.1 Å². The third kappa shape index (κ3) is 2.71. The van der Waals surface area contributed by atoms with Crippen molar-refractivity contribution in [2.24, 2.45) is 0 Å². The average molecular weight is 283 g/mol. The van der Waals surface area contributed by atoms with E-state index in [9.17, 15) is 18.0 Å². The number of hydrogen-bond acceptors (Lipinski definition) is 1. The summed E-state index contributed by atoms with van der Waals surface area (Å²) in [5.41, 5.74) is 0.375. The minimum atomic E-state index is -4.40. The van der Waals surface area contributed by atoms with Gasteiger partial charge in [-0.1, -0.05) is 19.4 Å². The Morgan fingerprint density at radius 1 is 1.25 bits per heavy atom. The van der Waals surface area contributed by atoms with E-state index < -0.39 is 11.7 Å². The molecule has 0 unspecified atom stereocenters. The van der Waals surface area contributed by atoms with Crippen molar-refractivity contribution in [2.75, 3.05) is 0 Å². The zero-order valence-electron chi connectivity index (χ0n) is 11.4. The fraction of sp³-hybridized carbons (Fsp3) is 0.400. The Morgan fingerprint density at radius 3 is 2.50 bits per heavy atom. The van der Waals surface area contributed by atoms with Crippen LogP contribution < -0.4 is 0 Å². The van der Waals surface area contributed by atoms with Crippen LogP contribution in [0.4, 0.5) is 13.2 Å². The van der Waals surface area contributed by atoms with Crippen LogP contribution >= 0.6 is 0 Å². The molecule has 0 fully saturated rings. The highest BCUT2D eigenvalue weighted by Crippen LogP contribution is 2.32. The fourth-order valence-corrected chi connectivity index (χ4v) is 2.35. The molecule has 0 N–H and O–H groups in total. The maximum Gasteiger partial charge on any atom is 0.416 e. The van der Waals surface area contributed by atoms with Crippen LogP contribution in [0.15, 0.2) is 24.3 Å². The number of alkyl halides is 3. The molecule has 0 aliphatic rings. The summed E-state index contributed by atoms with van der Waals surface area (Å²) in [6, 6.07) is 5.32. The Hall–Kier alpha value is -1.78. The molecule has 1 heterocycles. The summed E-state index contributed by atoms with van der Waals surface area (Å²) in [4.78, 5) is 11.7. The fourth-order valence-electron chi connectivity index (χ4n) is 2.35. The predicted octanol–water partition coefficient (Wildman–Crippen LogP) is 4.66. The first kappa shape index (κ1) is 14.6. The van der Waals surface area contributed by atoms with Crippen LogP contribution in [-0.4, -0.2) is 10.5 Å². The highest BCUT2D eigenvalue weighted by atomic mass is 19.4. The molecule has 2 rings (SSSR count). The molecule has 5 heteroatoms. The summed E-state index contributed by atoms with van der Waals surface area (Å²) in [6.07, 6.45) is -1.85. The number of aryl methyl sites for hydroxylation is 1. The molecule has 2 nitrogen and oxygen atoms in total. The molecule has 0 saturated heterocycles. The van der Waals surface area contributed by atoms with Gasteiger partial charge in [-0.2, -0.15) is 13.2 Å². The molecule has 0 saturated carbocycles. The van der Waals surface area contributed by atoms with Crippen LogP contribution in [0.5, 0.6) is 0 Å². The Labute approximate surface area is 115 Å². The summed E-state index contributed by atoms with van der Waals surface area (Å²) in [5.74, 6) is -0.259. The minimum Gasteiger partial charge on any atom is -0.284 e. The molecule has 0 amide bonds. The summed E-state index contributed by atoms with van der Waals surface area (Å²) in [6.45, 7) is 3.40. The maximum atomic E-state index is 12.8. The van der Waals surface area contributed by atoms with Gasteiger partial charge in [0.1, 0.15) is 0 Å². The molecule has 0 aliphatic heterocycles. The van der Waals surface area contributed by atoms with Gasteiger partial charge in [-0.15, -0.1) is 0 Å². The number of carbonyl (C=O) groups excluding carboxylic acids is 1. The van der Waals surface area contributed by atoms with E-state index in [4.69, 9.17) is 0 Å². The van der Waals surface area contributed by atoms with E-state index in [2.05, 4.69) is 0 Å². The topological polar surface area (TPSA) is 22.0 Å². The van der Waals surface area contributed by atoms with Gasteiger partial charge in [-0.05, 0) is 31.0 Å². The number of benzene rings is 1. The highest BCUT2D eigenvalue weighted by Gasteiger charge is 2.31. The van der Waals surface area contributed by atoms with Crippen molar-refractivity contribution in [3.63, 3.8) is 0 Å². The van der Waals surface area contributed by atoms with E-state index in [1.807, 2.05) is 6.92 Å². The van der Waals surface area contributed by atoms with Crippen LogP contribution in [0.25, 0.3) is 10.9 Å². The van der Waals surface area contributed by atoms with E-state index in [-0.39, 0.29) is 5.91 Å². The second-order valence-electron chi connectivity index (χ2n) is 4.87. The van der Waals surface area contributed by atoms with Gasteiger partial charge in [0, 0.05) is 18.0 Å². The van der Waals surface area contributed by atoms with Gasteiger partial charge in [-0.3, -0.25) is 9.36 Å². The van der Waals surface area contributed by atoms with Crippen molar-refractivity contribution in [3.05, 3.63) is 35.5 Å². The van der Waals surface area contributed by atoms with Crippen molar-refractivity contribution in [3.8, 4) is 0 Å². The lowest BCUT2D eigenvalue weighted by atomic mass is 10.1. The maximum absolute atomic E-state index is 12.8. The number of rotatable bonds is 3. The lowest BCUT2D eigenvalue weighted by molar-refractivity contribution is -0.137. The van der Waals surface area contributed by atoms with Gasteiger partial charge in [0.25, 0.3) is 0 Å². The molecule has 0 aliphatic carbocycles. The largest absolute Gasteiger partial charge is 0.416 e. The van der Waals surface area contributed by atoms with Crippen LogP contribution in [-0.2, 0) is 12.6 Å². The summed E-state index contributed by atoms with van der Waals surface area (Å²) in [5, 5.41) is 0.666. The lowest BCUT2D eigenvalue weighted by Crippen LogP contribution is -2.10. The van der Waals surface area contributed by atoms with E-state index in [1.165, 1.54) is 17.6 Å². The Bertz CT molecular complexity index is 640. The summed E-state index contributed by atoms with van der Waals surface area (Å²) in [7, 11) is 0. The summed E-state index contributed by atoms with van der Waals surface area (Å²) < 4.78 is 39.7. The molecule has 108 valence electrons. The van der Waals surface area contributed by atoms with Crippen molar-refractivity contribution < 1.29 is 18.0 Å². The number of unbranched alkanes of at least 4 members (excludes halogenated alkanes) is 1. The van der Waals surface area contributed by atoms with Crippen molar-refractivity contribution in [1.82, 2.24) is 4.57 Å². The molecule has 1 aromatic carbocycles. The van der Waals surface area contributed by atoms with Crippen LogP contribution in [0.1, 0.15) is 42.7 Å². The third-order valence-electron chi connectivity index (χ3n) is 3.31. The normalized spacial score (nSPS) is 12.1. The number of aromatic nitrogens is 1. The van der Waals surface area contributed by atoms with Crippen molar-refractivity contribution in [2.45, 2.75) is 39.3 Å². The SMILES string of the molecule is CCCCc1cc2ccc(C(F)(F)F)cc2n1C(C)=O. The molecular formula is C15H16F3NO. The second-order valence-corrected chi connectivity index (χ2v) is 4.87. The van der Waals surface area contributed by atoms with E-state index in [0.29, 0.717) is 17.3 Å². The minimum absolute atomic E-state index is 0.259. The Balaban J connectivity index is 2.61. The van der Waals surface area contributed by atoms with Gasteiger partial charge in [0.2, 0.25) is 5.91 Å². The number of carbonyl (C=O) groups is 1. The summed E-state index contributed by atoms with van der Waals surface area (Å²) >= 11 is 0. The van der Waals surface area contributed by atoms with Gasteiger partial charge in [-0.25, -0.2) is 0 Å². The lowest BCUT2D eigenvalue weighted by Gasteiger charge is -2.09. The Morgan fingerprint density at radius 2 is 1.95 bits per heavy atom. The van der Waals surface area contributed by atoms with Gasteiger partial charge < -0.3 is 0 Å². The first-order valence-electron chi connectivity index (χ1n) is 6.57. The Kier molecular flexibility index (Phi) is 3.88. The van der Waals surface area contributed by atoms with Crippen molar-refractivity contribution >= 4 is 16.8 Å². The van der Waals surface area contributed by atoms with E-state index in [1.54, 1.807) is 6.07 Å². The van der Waals surface area contributed by atoms with Gasteiger partial charge in [0.15, 0.2) is 0 Å². The number of nitrogens with zero attached hydrogens (tertiary/aromatic N) is 1. The van der Waals surface area contributed by atoms with Gasteiger partial charge >= 0.3 is 6.18 Å². The average Bonchev–Trinajstić information content (AvgIpc) is 2.72. The van der Waals surface area contributed by atoms with Crippen LogP contribution in [0.3, 0.4) is 0 Å². The molecule has 20 heavy (non-hydrogen) atoms.